The highest BCUT2D eigenvalue weighted by atomic mass is 35.5. The Morgan fingerprint density at radius 2 is 2.00 bits per heavy atom. The number of nitrogens with zero attached hydrogens (tertiary/aromatic N) is 1. The second-order valence-corrected chi connectivity index (χ2v) is 6.32. The molecule has 2 heterocycles. The van der Waals surface area contributed by atoms with Crippen LogP contribution in [0.3, 0.4) is 0 Å². The Kier molecular flexibility index (Phi) is 3.60. The van der Waals surface area contributed by atoms with Gasteiger partial charge in [-0.2, -0.15) is 0 Å². The van der Waals surface area contributed by atoms with Gasteiger partial charge in [0.1, 0.15) is 0 Å². The van der Waals surface area contributed by atoms with E-state index in [9.17, 15) is 0 Å². The molecular weight excluding hydrogens is 299 g/mol. The number of thiophene rings is 1. The molecule has 0 saturated carbocycles. The smallest absolute Gasteiger partial charge is 0.0931 e. The lowest BCUT2D eigenvalue weighted by Gasteiger charge is -2.08. The number of fused-ring (bicyclic) bond motifs is 1. The molecule has 2 nitrogen and oxygen atoms in total. The number of hydrogen-bond acceptors (Lipinski definition) is 3. The summed E-state index contributed by atoms with van der Waals surface area (Å²) in [6.45, 7) is 0.749. The molecule has 0 unspecified atom stereocenters. The molecule has 0 aliphatic heterocycles. The maximum atomic E-state index is 5.97. The number of nitrogens with one attached hydrogen (secondary N) is 1. The summed E-state index contributed by atoms with van der Waals surface area (Å²) in [5.74, 6) is 0. The van der Waals surface area contributed by atoms with Gasteiger partial charge < -0.3 is 5.32 Å². The molecule has 0 radical (unpaired) electrons. The summed E-state index contributed by atoms with van der Waals surface area (Å²) in [5, 5.41) is 5.17. The maximum Gasteiger partial charge on any atom is 0.0931 e. The number of halogens is 2. The van der Waals surface area contributed by atoms with Crippen molar-refractivity contribution in [2.45, 2.75) is 6.54 Å². The van der Waals surface area contributed by atoms with Crippen molar-refractivity contribution in [1.29, 1.82) is 0 Å². The number of anilines is 1. The summed E-state index contributed by atoms with van der Waals surface area (Å²) in [4.78, 5) is 5.52. The van der Waals surface area contributed by atoms with E-state index in [4.69, 9.17) is 23.2 Å². The molecule has 1 aromatic carbocycles. The Hall–Kier alpha value is -1.29. The van der Waals surface area contributed by atoms with Gasteiger partial charge in [0.05, 0.1) is 9.85 Å². The van der Waals surface area contributed by atoms with Crippen LogP contribution >= 0.6 is 34.5 Å². The molecule has 0 aliphatic carbocycles. The highest BCUT2D eigenvalue weighted by Crippen LogP contribution is 2.26. The molecule has 96 valence electrons. The molecule has 0 fully saturated rings. The van der Waals surface area contributed by atoms with Gasteiger partial charge in [-0.1, -0.05) is 23.2 Å². The van der Waals surface area contributed by atoms with Gasteiger partial charge in [0.2, 0.25) is 0 Å². The molecule has 0 atom stereocenters. The Balaban J connectivity index is 1.88. The first kappa shape index (κ1) is 12.7. The zero-order valence-corrected chi connectivity index (χ0v) is 12.2. The summed E-state index contributed by atoms with van der Waals surface area (Å²) < 4.78 is 0.808. The fourth-order valence-corrected chi connectivity index (χ4v) is 3.10. The Bertz CT molecular complexity index is 724. The first-order valence-electron chi connectivity index (χ1n) is 5.75. The van der Waals surface area contributed by atoms with Gasteiger partial charge in [0.15, 0.2) is 0 Å². The van der Waals surface area contributed by atoms with E-state index < -0.39 is 0 Å². The fraction of sp³-hybridized carbons (Fsp3) is 0.0714. The quantitative estimate of drug-likeness (QED) is 0.718. The van der Waals surface area contributed by atoms with E-state index in [1.165, 1.54) is 4.88 Å². The Morgan fingerprint density at radius 1 is 1.11 bits per heavy atom. The van der Waals surface area contributed by atoms with E-state index in [0.717, 1.165) is 27.5 Å². The molecule has 5 heteroatoms. The fourth-order valence-electron chi connectivity index (χ4n) is 1.90. The summed E-state index contributed by atoms with van der Waals surface area (Å²) in [5.41, 5.74) is 1.94. The van der Waals surface area contributed by atoms with Gasteiger partial charge >= 0.3 is 0 Å². The third-order valence-electron chi connectivity index (χ3n) is 2.79. The normalized spacial score (nSPS) is 10.8. The van der Waals surface area contributed by atoms with Crippen LogP contribution in [0.4, 0.5) is 5.69 Å². The predicted octanol–water partition coefficient (Wildman–Crippen LogP) is 5.22. The minimum atomic E-state index is 0.696. The van der Waals surface area contributed by atoms with Crippen LogP contribution in [0.25, 0.3) is 10.9 Å². The van der Waals surface area contributed by atoms with Crippen molar-refractivity contribution in [3.8, 4) is 0 Å². The van der Waals surface area contributed by atoms with Crippen molar-refractivity contribution in [2.75, 3.05) is 5.32 Å². The number of rotatable bonds is 3. The molecule has 0 spiro atoms. The largest absolute Gasteiger partial charge is 0.380 e. The van der Waals surface area contributed by atoms with Crippen LogP contribution in [0.15, 0.2) is 42.6 Å². The standard InChI is InChI=1S/C14H10Cl2N2S/c15-9-1-3-11-12(5-6-17-13(11)7-9)18-8-10-2-4-14(16)19-10/h1-7H,8H2,(H,17,18). The lowest BCUT2D eigenvalue weighted by Crippen LogP contribution is -1.98. The molecular formula is C14H10Cl2N2S. The summed E-state index contributed by atoms with van der Waals surface area (Å²) in [6, 6.07) is 11.6. The third-order valence-corrected chi connectivity index (χ3v) is 4.25. The van der Waals surface area contributed by atoms with E-state index in [1.807, 2.05) is 36.4 Å². The molecule has 3 rings (SSSR count). The van der Waals surface area contributed by atoms with E-state index in [-0.39, 0.29) is 0 Å². The zero-order valence-electron chi connectivity index (χ0n) is 9.86. The lowest BCUT2D eigenvalue weighted by atomic mass is 10.2. The lowest BCUT2D eigenvalue weighted by molar-refractivity contribution is 1.19. The number of pyridine rings is 1. The maximum absolute atomic E-state index is 5.97. The van der Waals surface area contributed by atoms with Crippen LogP contribution in [-0.4, -0.2) is 4.98 Å². The molecule has 0 amide bonds. The first-order chi connectivity index (χ1) is 9.22. The number of benzene rings is 1. The molecule has 2 aromatic heterocycles. The summed E-state index contributed by atoms with van der Waals surface area (Å²) in [6.07, 6.45) is 1.78. The molecule has 0 aliphatic rings. The van der Waals surface area contributed by atoms with Gasteiger partial charge in [0, 0.05) is 33.7 Å². The third kappa shape index (κ3) is 2.84. The average molecular weight is 309 g/mol. The van der Waals surface area contributed by atoms with Crippen molar-refractivity contribution in [2.24, 2.45) is 0 Å². The van der Waals surface area contributed by atoms with Gasteiger partial charge in [-0.15, -0.1) is 11.3 Å². The van der Waals surface area contributed by atoms with Crippen LogP contribution in [-0.2, 0) is 6.54 Å². The van der Waals surface area contributed by atoms with Crippen LogP contribution in [0, 0.1) is 0 Å². The average Bonchev–Trinajstić information content (AvgIpc) is 2.81. The minimum Gasteiger partial charge on any atom is -0.380 e. The van der Waals surface area contributed by atoms with Gasteiger partial charge in [-0.25, -0.2) is 0 Å². The molecule has 1 N–H and O–H groups in total. The molecule has 0 saturated heterocycles. The van der Waals surface area contributed by atoms with Crippen molar-refractivity contribution >= 4 is 51.1 Å². The second-order valence-electron chi connectivity index (χ2n) is 4.08. The van der Waals surface area contributed by atoms with E-state index >= 15 is 0 Å². The number of hydrogen-bond donors (Lipinski definition) is 1. The van der Waals surface area contributed by atoms with Crippen molar-refractivity contribution in [3.63, 3.8) is 0 Å². The van der Waals surface area contributed by atoms with Crippen LogP contribution in [0.2, 0.25) is 9.36 Å². The second kappa shape index (κ2) is 5.37. The highest BCUT2D eigenvalue weighted by molar-refractivity contribution is 7.16. The summed E-state index contributed by atoms with van der Waals surface area (Å²) in [7, 11) is 0. The minimum absolute atomic E-state index is 0.696. The SMILES string of the molecule is Clc1ccc2c(NCc3ccc(Cl)s3)ccnc2c1. The highest BCUT2D eigenvalue weighted by Gasteiger charge is 2.03. The number of aromatic nitrogens is 1. The van der Waals surface area contributed by atoms with Crippen LogP contribution in [0.5, 0.6) is 0 Å². The van der Waals surface area contributed by atoms with E-state index in [1.54, 1.807) is 17.5 Å². The van der Waals surface area contributed by atoms with Gasteiger partial charge in [0.25, 0.3) is 0 Å². The van der Waals surface area contributed by atoms with Crippen molar-refractivity contribution in [1.82, 2.24) is 4.98 Å². The van der Waals surface area contributed by atoms with Crippen LogP contribution in [0.1, 0.15) is 4.88 Å². The van der Waals surface area contributed by atoms with E-state index in [0.29, 0.717) is 5.02 Å². The van der Waals surface area contributed by atoms with Crippen molar-refractivity contribution < 1.29 is 0 Å². The predicted molar refractivity (Wildman–Crippen MR) is 83.4 cm³/mol. The monoisotopic (exact) mass is 308 g/mol. The topological polar surface area (TPSA) is 24.9 Å². The van der Waals surface area contributed by atoms with Gasteiger partial charge in [-0.3, -0.25) is 4.98 Å². The van der Waals surface area contributed by atoms with Crippen molar-refractivity contribution in [3.05, 3.63) is 56.8 Å². The molecule has 19 heavy (non-hydrogen) atoms. The summed E-state index contributed by atoms with van der Waals surface area (Å²) >= 11 is 13.5. The first-order valence-corrected chi connectivity index (χ1v) is 7.32. The zero-order chi connectivity index (χ0) is 13.2. The molecule has 0 bridgehead atoms. The van der Waals surface area contributed by atoms with Gasteiger partial charge in [-0.05, 0) is 36.4 Å². The van der Waals surface area contributed by atoms with Crippen LogP contribution < -0.4 is 5.32 Å². The van der Waals surface area contributed by atoms with E-state index in [2.05, 4.69) is 10.3 Å². The Labute approximate surface area is 125 Å². The Morgan fingerprint density at radius 3 is 2.79 bits per heavy atom. The molecule has 3 aromatic rings.